The van der Waals surface area contributed by atoms with Crippen molar-refractivity contribution in [2.24, 2.45) is 11.8 Å². The molecule has 80 valence electrons. The molecule has 3 heteroatoms. The molecular weight excluding hydrogens is 259 g/mol. The molecule has 1 aromatic carbocycles. The van der Waals surface area contributed by atoms with E-state index in [0.29, 0.717) is 10.4 Å². The number of benzene rings is 1. The van der Waals surface area contributed by atoms with E-state index in [1.54, 1.807) is 18.2 Å². The van der Waals surface area contributed by atoms with Crippen LogP contribution < -0.4 is 0 Å². The van der Waals surface area contributed by atoms with Gasteiger partial charge < -0.3 is 0 Å². The third-order valence-electron chi connectivity index (χ3n) is 2.96. The lowest BCUT2D eigenvalue weighted by Gasteiger charge is -2.09. The first-order valence-corrected chi connectivity index (χ1v) is 5.88. The maximum atomic E-state index is 13.6. The normalized spacial score (nSPS) is 17.5. The highest BCUT2D eigenvalue weighted by Gasteiger charge is 2.34. The highest BCUT2D eigenvalue weighted by Crippen LogP contribution is 2.38. The molecule has 0 amide bonds. The van der Waals surface area contributed by atoms with Crippen LogP contribution in [0.4, 0.5) is 4.39 Å². The Labute approximate surface area is 96.8 Å². The van der Waals surface area contributed by atoms with Gasteiger partial charge in [-0.15, -0.1) is 0 Å². The standard InChI is InChI=1S/C12H12BrFO/c1-7(8-5-6-8)12(15)9-3-2-4-10(13)11(9)14/h2-4,7-8H,5-6H2,1H3. The van der Waals surface area contributed by atoms with Gasteiger partial charge in [-0.25, -0.2) is 4.39 Å². The van der Waals surface area contributed by atoms with Crippen molar-refractivity contribution in [3.63, 3.8) is 0 Å². The summed E-state index contributed by atoms with van der Waals surface area (Å²) >= 11 is 3.09. The van der Waals surface area contributed by atoms with Gasteiger partial charge in [-0.1, -0.05) is 13.0 Å². The second-order valence-corrected chi connectivity index (χ2v) is 4.95. The molecule has 0 aliphatic heterocycles. The lowest BCUT2D eigenvalue weighted by atomic mass is 9.95. The average Bonchev–Trinajstić information content (AvgIpc) is 3.03. The summed E-state index contributed by atoms with van der Waals surface area (Å²) in [6.07, 6.45) is 2.20. The van der Waals surface area contributed by atoms with Crippen LogP contribution in [0, 0.1) is 17.7 Å². The molecule has 0 N–H and O–H groups in total. The summed E-state index contributed by atoms with van der Waals surface area (Å²) in [5.41, 5.74) is 0.212. The molecule has 0 heterocycles. The van der Waals surface area contributed by atoms with E-state index < -0.39 is 5.82 Å². The van der Waals surface area contributed by atoms with E-state index in [9.17, 15) is 9.18 Å². The van der Waals surface area contributed by atoms with Crippen molar-refractivity contribution >= 4 is 21.7 Å². The zero-order valence-corrected chi connectivity index (χ0v) is 10.1. The summed E-state index contributed by atoms with van der Waals surface area (Å²) in [4.78, 5) is 11.9. The first-order valence-electron chi connectivity index (χ1n) is 5.09. The Balaban J connectivity index is 2.28. The largest absolute Gasteiger partial charge is 0.294 e. The molecule has 15 heavy (non-hydrogen) atoms. The molecule has 1 atom stereocenters. The van der Waals surface area contributed by atoms with E-state index in [-0.39, 0.29) is 17.3 Å². The molecule has 0 radical (unpaired) electrons. The van der Waals surface area contributed by atoms with Crippen LogP contribution in [0.2, 0.25) is 0 Å². The van der Waals surface area contributed by atoms with E-state index in [1.807, 2.05) is 6.92 Å². The van der Waals surface area contributed by atoms with Crippen LogP contribution in [-0.4, -0.2) is 5.78 Å². The van der Waals surface area contributed by atoms with Crippen LogP contribution >= 0.6 is 15.9 Å². The fourth-order valence-electron chi connectivity index (χ4n) is 1.75. The van der Waals surface area contributed by atoms with Gasteiger partial charge in [-0.3, -0.25) is 4.79 Å². The fraction of sp³-hybridized carbons (Fsp3) is 0.417. The zero-order chi connectivity index (χ0) is 11.0. The minimum Gasteiger partial charge on any atom is -0.294 e. The molecular formula is C12H12BrFO. The number of carbonyl (C=O) groups excluding carboxylic acids is 1. The molecule has 2 rings (SSSR count). The van der Waals surface area contributed by atoms with Crippen molar-refractivity contribution in [2.75, 3.05) is 0 Å². The summed E-state index contributed by atoms with van der Waals surface area (Å²) in [6.45, 7) is 1.89. The number of carbonyl (C=O) groups is 1. The predicted octanol–water partition coefficient (Wildman–Crippen LogP) is 3.82. The summed E-state index contributed by atoms with van der Waals surface area (Å²) in [5, 5.41) is 0. The average molecular weight is 271 g/mol. The summed E-state index contributed by atoms with van der Waals surface area (Å²) in [5.74, 6) is -0.0871. The van der Waals surface area contributed by atoms with Crippen molar-refractivity contribution in [1.29, 1.82) is 0 Å². The molecule has 1 nitrogen and oxygen atoms in total. The second-order valence-electron chi connectivity index (χ2n) is 4.09. The van der Waals surface area contributed by atoms with Crippen molar-refractivity contribution in [1.82, 2.24) is 0 Å². The Morgan fingerprint density at radius 2 is 2.20 bits per heavy atom. The van der Waals surface area contributed by atoms with Crippen LogP contribution in [-0.2, 0) is 0 Å². The van der Waals surface area contributed by atoms with Gasteiger partial charge in [0.05, 0.1) is 10.0 Å². The zero-order valence-electron chi connectivity index (χ0n) is 8.47. The minimum atomic E-state index is -0.435. The number of halogens is 2. The van der Waals surface area contributed by atoms with Crippen LogP contribution in [0.25, 0.3) is 0 Å². The minimum absolute atomic E-state index is 0.0474. The number of rotatable bonds is 3. The highest BCUT2D eigenvalue weighted by atomic mass is 79.9. The van der Waals surface area contributed by atoms with Gasteiger partial charge >= 0.3 is 0 Å². The molecule has 1 aliphatic carbocycles. The predicted molar refractivity (Wildman–Crippen MR) is 60.3 cm³/mol. The maximum absolute atomic E-state index is 13.6. The lowest BCUT2D eigenvalue weighted by molar-refractivity contribution is 0.0912. The number of hydrogen-bond acceptors (Lipinski definition) is 1. The van der Waals surface area contributed by atoms with Crippen LogP contribution in [0.5, 0.6) is 0 Å². The lowest BCUT2D eigenvalue weighted by Crippen LogP contribution is -2.14. The van der Waals surface area contributed by atoms with Gasteiger partial charge in [0.2, 0.25) is 0 Å². The molecule has 1 aliphatic rings. The van der Waals surface area contributed by atoms with Crippen molar-refractivity contribution in [3.8, 4) is 0 Å². The summed E-state index contributed by atoms with van der Waals surface area (Å²) < 4.78 is 14.0. The van der Waals surface area contributed by atoms with Gasteiger partial charge in [0.1, 0.15) is 5.82 Å². The number of ketones is 1. The van der Waals surface area contributed by atoms with Gasteiger partial charge in [-0.2, -0.15) is 0 Å². The first-order chi connectivity index (χ1) is 7.11. The Bertz CT molecular complexity index is 399. The van der Waals surface area contributed by atoms with Crippen LogP contribution in [0.1, 0.15) is 30.1 Å². The maximum Gasteiger partial charge on any atom is 0.168 e. The quantitative estimate of drug-likeness (QED) is 0.764. The molecule has 0 aromatic heterocycles. The Morgan fingerprint density at radius 1 is 1.53 bits per heavy atom. The van der Waals surface area contributed by atoms with E-state index in [0.717, 1.165) is 12.8 Å². The van der Waals surface area contributed by atoms with Crippen LogP contribution in [0.3, 0.4) is 0 Å². The molecule has 1 aromatic rings. The Kier molecular flexibility index (Phi) is 2.91. The van der Waals surface area contributed by atoms with Crippen molar-refractivity contribution < 1.29 is 9.18 Å². The van der Waals surface area contributed by atoms with Crippen molar-refractivity contribution in [3.05, 3.63) is 34.1 Å². The summed E-state index contributed by atoms with van der Waals surface area (Å²) in [6, 6.07) is 4.86. The van der Waals surface area contributed by atoms with Gasteiger partial charge in [0.25, 0.3) is 0 Å². The van der Waals surface area contributed by atoms with Gasteiger partial charge in [0, 0.05) is 5.92 Å². The van der Waals surface area contributed by atoms with E-state index >= 15 is 0 Å². The number of Topliss-reactive ketones (excluding diaryl/α,β-unsaturated/α-hetero) is 1. The van der Waals surface area contributed by atoms with Gasteiger partial charge in [0.15, 0.2) is 5.78 Å². The van der Waals surface area contributed by atoms with Crippen LogP contribution in [0.15, 0.2) is 22.7 Å². The molecule has 0 spiro atoms. The Morgan fingerprint density at radius 3 is 2.80 bits per heavy atom. The monoisotopic (exact) mass is 270 g/mol. The van der Waals surface area contributed by atoms with E-state index in [2.05, 4.69) is 15.9 Å². The third-order valence-corrected chi connectivity index (χ3v) is 3.57. The molecule has 0 bridgehead atoms. The third kappa shape index (κ3) is 2.12. The van der Waals surface area contributed by atoms with Gasteiger partial charge in [-0.05, 0) is 46.8 Å². The highest BCUT2D eigenvalue weighted by molar-refractivity contribution is 9.10. The van der Waals surface area contributed by atoms with Crippen molar-refractivity contribution in [2.45, 2.75) is 19.8 Å². The molecule has 0 saturated heterocycles. The summed E-state index contributed by atoms with van der Waals surface area (Å²) in [7, 11) is 0. The SMILES string of the molecule is CC(C(=O)c1cccc(Br)c1F)C1CC1. The van der Waals surface area contributed by atoms with E-state index in [1.165, 1.54) is 0 Å². The molecule has 1 saturated carbocycles. The molecule has 1 fully saturated rings. The van der Waals surface area contributed by atoms with E-state index in [4.69, 9.17) is 0 Å². The first kappa shape index (κ1) is 10.8. The molecule has 1 unspecified atom stereocenters. The second kappa shape index (κ2) is 4.05. The smallest absolute Gasteiger partial charge is 0.168 e. The Hall–Kier alpha value is -0.700. The fourth-order valence-corrected chi connectivity index (χ4v) is 2.12. The topological polar surface area (TPSA) is 17.1 Å². The number of hydrogen-bond donors (Lipinski definition) is 0.